The van der Waals surface area contributed by atoms with E-state index >= 15 is 0 Å². The van der Waals surface area contributed by atoms with Crippen LogP contribution in [0.5, 0.6) is 0 Å². The van der Waals surface area contributed by atoms with Crippen molar-refractivity contribution in [3.63, 3.8) is 0 Å². The minimum Gasteiger partial charge on any atom is -1.00 e. The van der Waals surface area contributed by atoms with Gasteiger partial charge >= 0.3 is 180 Å². The van der Waals surface area contributed by atoms with Crippen molar-refractivity contribution in [1.29, 1.82) is 0 Å². The van der Waals surface area contributed by atoms with Crippen LogP contribution in [0.3, 0.4) is 0 Å². The minimum atomic E-state index is -2.83. The second kappa shape index (κ2) is 19.9. The molecular formula is CH10Ca4O7S2. The summed E-state index contributed by atoms with van der Waals surface area (Å²) in [5.74, 6) is 0. The maximum Gasteiger partial charge on any atom is 2.00 e. The van der Waals surface area contributed by atoms with Crippen LogP contribution < -0.4 is 0 Å². The first-order valence-corrected chi connectivity index (χ1v) is 3.71. The molecular weight excluding hydrogens is 348 g/mol. The van der Waals surface area contributed by atoms with Gasteiger partial charge in [-0.05, 0) is 0 Å². The van der Waals surface area contributed by atoms with Gasteiger partial charge in [0.2, 0.25) is 0 Å². The van der Waals surface area contributed by atoms with Crippen molar-refractivity contribution in [1.82, 2.24) is 0 Å². The van der Waals surface area contributed by atoms with E-state index in [0.29, 0.717) is 0 Å². The predicted octanol–water partition coefficient (Wildman–Crippen LogP) is -1.21. The Kier molecular flexibility index (Phi) is 44.1. The fourth-order valence-corrected chi connectivity index (χ4v) is 0.474. The summed E-state index contributed by atoms with van der Waals surface area (Å²) in [5, 5.41) is 0. The van der Waals surface area contributed by atoms with E-state index in [2.05, 4.69) is 8.37 Å². The Morgan fingerprint density at radius 3 is 1.29 bits per heavy atom. The molecule has 14 heavy (non-hydrogen) atoms. The van der Waals surface area contributed by atoms with Crippen LogP contribution in [0.25, 0.3) is 0 Å². The van der Waals surface area contributed by atoms with Crippen LogP contribution in [0.2, 0.25) is 0 Å². The molecule has 0 aromatic rings. The molecule has 0 fully saturated rings. The van der Waals surface area contributed by atoms with Crippen molar-refractivity contribution >= 4 is 180 Å². The van der Waals surface area contributed by atoms with Crippen LogP contribution in [-0.2, 0) is 31.1 Å². The molecule has 0 bridgehead atoms. The van der Waals surface area contributed by atoms with Crippen LogP contribution in [0.15, 0.2) is 0 Å². The summed E-state index contributed by atoms with van der Waals surface area (Å²) in [5.41, 5.74) is 0. The van der Waals surface area contributed by atoms with E-state index in [1.165, 1.54) is 0 Å². The molecule has 76 valence electrons. The molecule has 2 atom stereocenters. The van der Waals surface area contributed by atoms with Gasteiger partial charge in [-0.15, -0.1) is 0 Å². The average Bonchev–Trinajstić information content (AvgIpc) is 1.58. The van der Waals surface area contributed by atoms with E-state index in [1.807, 2.05) is 0 Å². The maximum atomic E-state index is 9.91. The number of carbonyl (C=O) groups excluding carboxylic acids is 1. The Morgan fingerprint density at radius 2 is 1.14 bits per heavy atom. The Morgan fingerprint density at radius 1 is 0.929 bits per heavy atom. The van der Waals surface area contributed by atoms with Gasteiger partial charge in [0, 0.05) is 0 Å². The largest absolute Gasteiger partial charge is 2.00 e. The van der Waals surface area contributed by atoms with Gasteiger partial charge in [-0.25, -0.2) is 4.79 Å². The minimum absolute atomic E-state index is 0. The monoisotopic (exact) mass is 358 g/mol. The zero-order chi connectivity index (χ0) is 8.15. The van der Waals surface area contributed by atoms with Crippen LogP contribution in [0.4, 0.5) is 4.79 Å². The number of rotatable bonds is 2. The van der Waals surface area contributed by atoms with Gasteiger partial charge in [0.25, 0.3) is 0 Å². The van der Waals surface area contributed by atoms with Gasteiger partial charge in [0.15, 0.2) is 0 Å². The molecule has 0 heterocycles. The van der Waals surface area contributed by atoms with Gasteiger partial charge in [-0.1, -0.05) is 0 Å². The van der Waals surface area contributed by atoms with Crippen molar-refractivity contribution < 1.29 is 42.1 Å². The van der Waals surface area contributed by atoms with Crippen LogP contribution in [0.1, 0.15) is 11.4 Å². The summed E-state index contributed by atoms with van der Waals surface area (Å²) in [4.78, 5) is 9.91. The third kappa shape index (κ3) is 25.4. The molecule has 0 rings (SSSR count). The van der Waals surface area contributed by atoms with Crippen molar-refractivity contribution in [3.05, 3.63) is 0 Å². The first-order valence-electron chi connectivity index (χ1n) is 1.64. The molecule has 2 unspecified atom stereocenters. The second-order valence-corrected chi connectivity index (χ2v) is 2.05. The summed E-state index contributed by atoms with van der Waals surface area (Å²) in [6, 6.07) is 0. The van der Waals surface area contributed by atoms with Crippen molar-refractivity contribution in [2.45, 2.75) is 0 Å². The Hall–Kier alpha value is 4.53. The molecule has 0 spiro atoms. The van der Waals surface area contributed by atoms with Crippen molar-refractivity contribution in [3.8, 4) is 0 Å². The standard InChI is InChI=1S/CH2O7S2.4Ca.8H/c2-1(7-9(3)4)8-10(5)6;;;;;;;;;;;;/h(H,3,4)(H,5,6);;;;;;;;;;;;/q;4*+2;8*-1. The van der Waals surface area contributed by atoms with Crippen LogP contribution in [-0.4, -0.2) is 175 Å². The van der Waals surface area contributed by atoms with Gasteiger partial charge in [-0.3, -0.25) is 9.11 Å². The van der Waals surface area contributed by atoms with Crippen LogP contribution in [0, 0.1) is 0 Å². The average molecular weight is 359 g/mol. The van der Waals surface area contributed by atoms with Gasteiger partial charge < -0.3 is 19.8 Å². The molecule has 0 aromatic carbocycles. The molecule has 13 heteroatoms. The molecule has 0 saturated carbocycles. The fraction of sp³-hybridized carbons (Fsp3) is 0. The summed E-state index contributed by atoms with van der Waals surface area (Å²) in [7, 11) is 0. The molecule has 7 nitrogen and oxygen atoms in total. The van der Waals surface area contributed by atoms with E-state index in [1.54, 1.807) is 0 Å². The second-order valence-electron chi connectivity index (χ2n) is 0.851. The summed E-state index contributed by atoms with van der Waals surface area (Å²) < 4.78 is 41.6. The van der Waals surface area contributed by atoms with Gasteiger partial charge in [0.1, 0.15) is 0 Å². The molecule has 0 amide bonds. The van der Waals surface area contributed by atoms with Crippen molar-refractivity contribution in [2.75, 3.05) is 0 Å². The topological polar surface area (TPSA) is 110 Å². The van der Waals surface area contributed by atoms with E-state index in [4.69, 9.17) is 9.11 Å². The normalized spacial score (nSPS) is 11.0. The SMILES string of the molecule is O=C(OS(=O)O)OS(=O)O.[Ca+2].[Ca+2].[Ca+2].[Ca+2].[H-].[H-].[H-].[H-].[H-].[H-].[H-].[H-]. The summed E-state index contributed by atoms with van der Waals surface area (Å²) in [6.07, 6.45) is -1.69. The van der Waals surface area contributed by atoms with Crippen molar-refractivity contribution in [2.24, 2.45) is 0 Å². The zero-order valence-electron chi connectivity index (χ0n) is 15.1. The van der Waals surface area contributed by atoms with E-state index in [-0.39, 0.29) is 162 Å². The number of carbonyl (C=O) groups is 1. The van der Waals surface area contributed by atoms with E-state index in [0.717, 1.165) is 0 Å². The molecule has 0 aliphatic carbocycles. The van der Waals surface area contributed by atoms with Crippen LogP contribution >= 0.6 is 0 Å². The molecule has 2 N–H and O–H groups in total. The van der Waals surface area contributed by atoms with Gasteiger partial charge in [-0.2, -0.15) is 8.42 Å². The Labute approximate surface area is 217 Å². The van der Waals surface area contributed by atoms with E-state index < -0.39 is 28.9 Å². The maximum absolute atomic E-state index is 9.91. The first kappa shape index (κ1) is 31.1. The summed E-state index contributed by atoms with van der Waals surface area (Å²) in [6.45, 7) is 0. The van der Waals surface area contributed by atoms with Gasteiger partial charge in [0.05, 0.1) is 0 Å². The molecule has 0 saturated heterocycles. The summed E-state index contributed by atoms with van der Waals surface area (Å²) >= 11 is -5.66. The first-order chi connectivity index (χ1) is 4.52. The smallest absolute Gasteiger partial charge is 1.00 e. The Balaban J connectivity index is -0.00000000614. The predicted molar refractivity (Wildman–Crippen MR) is 61.0 cm³/mol. The molecule has 0 aliphatic rings. The quantitative estimate of drug-likeness (QED) is 0.471. The number of hydrogen-bond acceptors (Lipinski definition) is 5. The molecule has 0 aliphatic heterocycles. The molecule has 0 radical (unpaired) electrons. The third-order valence-corrected chi connectivity index (χ3v) is 0.836. The number of hydrogen-bond donors (Lipinski definition) is 2. The zero-order valence-corrected chi connectivity index (χ0v) is 17.5. The van der Waals surface area contributed by atoms with E-state index in [9.17, 15) is 13.2 Å². The fourth-order valence-electron chi connectivity index (χ4n) is 0.130. The molecule has 0 aromatic heterocycles. The Bertz CT molecular complexity index is 187. The third-order valence-electron chi connectivity index (χ3n) is 0.279.